The van der Waals surface area contributed by atoms with Crippen LogP contribution < -0.4 is 5.32 Å². The van der Waals surface area contributed by atoms with Crippen LogP contribution in [0.4, 0.5) is 10.1 Å². The van der Waals surface area contributed by atoms with Crippen LogP contribution in [0.15, 0.2) is 48.8 Å². The van der Waals surface area contributed by atoms with E-state index in [-0.39, 0.29) is 11.7 Å². The maximum absolute atomic E-state index is 13.1. The zero-order valence-corrected chi connectivity index (χ0v) is 11.4. The molecule has 0 saturated carbocycles. The fourth-order valence-corrected chi connectivity index (χ4v) is 2.00. The Bertz CT molecular complexity index is 587. The maximum Gasteiger partial charge on any atom is 0.246 e. The Hall–Kier alpha value is -2.27. The summed E-state index contributed by atoms with van der Waals surface area (Å²) in [4.78, 5) is 18.2. The number of pyridine rings is 1. The van der Waals surface area contributed by atoms with Gasteiger partial charge in [0.25, 0.3) is 0 Å². The second-order valence-corrected chi connectivity index (χ2v) is 4.65. The molecule has 1 amide bonds. The highest BCUT2D eigenvalue weighted by molar-refractivity contribution is 5.95. The molecular weight excluding hydrogens is 257 g/mol. The van der Waals surface area contributed by atoms with Crippen LogP contribution in [0.5, 0.6) is 0 Å². The van der Waals surface area contributed by atoms with E-state index in [0.717, 1.165) is 5.56 Å². The molecular formula is C15H16FN3O. The van der Waals surface area contributed by atoms with E-state index in [1.165, 1.54) is 12.1 Å². The number of carbonyl (C=O) groups is 1. The molecule has 2 aromatic rings. The molecule has 2 rings (SSSR count). The van der Waals surface area contributed by atoms with Crippen LogP contribution in [-0.2, 0) is 4.79 Å². The van der Waals surface area contributed by atoms with Crippen LogP contribution in [0, 0.1) is 5.82 Å². The van der Waals surface area contributed by atoms with Crippen molar-refractivity contribution in [3.05, 3.63) is 60.2 Å². The van der Waals surface area contributed by atoms with Crippen LogP contribution in [-0.4, -0.2) is 29.9 Å². The first-order chi connectivity index (χ1) is 9.58. The van der Waals surface area contributed by atoms with Crippen molar-refractivity contribution in [2.24, 2.45) is 0 Å². The Balaban J connectivity index is 2.20. The summed E-state index contributed by atoms with van der Waals surface area (Å²) in [5, 5.41) is 2.71. The first-order valence-corrected chi connectivity index (χ1v) is 6.20. The first-order valence-electron chi connectivity index (χ1n) is 6.20. The minimum Gasteiger partial charge on any atom is -0.324 e. The minimum atomic E-state index is -0.480. The smallest absolute Gasteiger partial charge is 0.246 e. The quantitative estimate of drug-likeness (QED) is 0.930. The highest BCUT2D eigenvalue weighted by atomic mass is 19.1. The molecule has 0 fully saturated rings. The van der Waals surface area contributed by atoms with E-state index in [9.17, 15) is 9.18 Å². The lowest BCUT2D eigenvalue weighted by molar-refractivity contribution is -0.120. The molecule has 0 aliphatic heterocycles. The molecule has 0 aliphatic rings. The second-order valence-electron chi connectivity index (χ2n) is 4.65. The fourth-order valence-electron chi connectivity index (χ4n) is 2.00. The van der Waals surface area contributed by atoms with Crippen molar-refractivity contribution < 1.29 is 9.18 Å². The molecule has 1 atom stereocenters. The average molecular weight is 273 g/mol. The van der Waals surface area contributed by atoms with E-state index in [1.54, 1.807) is 35.5 Å². The zero-order valence-electron chi connectivity index (χ0n) is 11.4. The monoisotopic (exact) mass is 273 g/mol. The lowest BCUT2D eigenvalue weighted by Crippen LogP contribution is -2.32. The molecule has 1 unspecified atom stereocenters. The van der Waals surface area contributed by atoms with Gasteiger partial charge >= 0.3 is 0 Å². The van der Waals surface area contributed by atoms with Crippen molar-refractivity contribution >= 4 is 11.6 Å². The molecule has 0 aliphatic carbocycles. The summed E-state index contributed by atoms with van der Waals surface area (Å²) in [5.74, 6) is -0.612. The van der Waals surface area contributed by atoms with Crippen LogP contribution in [0.2, 0.25) is 0 Å². The summed E-state index contributed by atoms with van der Waals surface area (Å²) in [6.07, 6.45) is 3.30. The van der Waals surface area contributed by atoms with Gasteiger partial charge in [0.15, 0.2) is 0 Å². The van der Waals surface area contributed by atoms with Crippen molar-refractivity contribution in [3.63, 3.8) is 0 Å². The van der Waals surface area contributed by atoms with Crippen molar-refractivity contribution in [1.82, 2.24) is 9.88 Å². The topological polar surface area (TPSA) is 45.2 Å². The third-order valence-electron chi connectivity index (χ3n) is 2.86. The summed E-state index contributed by atoms with van der Waals surface area (Å²) in [7, 11) is 3.62. The van der Waals surface area contributed by atoms with Crippen LogP contribution in [0.25, 0.3) is 0 Å². The van der Waals surface area contributed by atoms with Crippen molar-refractivity contribution in [1.29, 1.82) is 0 Å². The van der Waals surface area contributed by atoms with Gasteiger partial charge in [0.05, 0.1) is 0 Å². The molecule has 0 spiro atoms. The lowest BCUT2D eigenvalue weighted by Gasteiger charge is -2.23. The van der Waals surface area contributed by atoms with Crippen LogP contribution >= 0.6 is 0 Å². The minimum absolute atomic E-state index is 0.228. The number of halogens is 1. The van der Waals surface area contributed by atoms with E-state index in [0.29, 0.717) is 5.69 Å². The van der Waals surface area contributed by atoms with Crippen molar-refractivity contribution in [2.45, 2.75) is 6.04 Å². The molecule has 0 radical (unpaired) electrons. The summed E-state index contributed by atoms with van der Waals surface area (Å²) in [5.41, 5.74) is 1.22. The summed E-state index contributed by atoms with van der Waals surface area (Å²) >= 11 is 0. The highest BCUT2D eigenvalue weighted by Gasteiger charge is 2.23. The Labute approximate surface area is 117 Å². The van der Waals surface area contributed by atoms with Gasteiger partial charge in [-0.1, -0.05) is 12.1 Å². The van der Waals surface area contributed by atoms with Gasteiger partial charge in [-0.2, -0.15) is 0 Å². The number of nitrogens with one attached hydrogen (secondary N) is 1. The van der Waals surface area contributed by atoms with Crippen LogP contribution in [0.1, 0.15) is 11.6 Å². The fraction of sp³-hybridized carbons (Fsp3) is 0.200. The Kier molecular flexibility index (Phi) is 4.42. The Morgan fingerprint density at radius 3 is 2.70 bits per heavy atom. The number of hydrogen-bond acceptors (Lipinski definition) is 3. The van der Waals surface area contributed by atoms with E-state index in [2.05, 4.69) is 10.3 Å². The van der Waals surface area contributed by atoms with Crippen LogP contribution in [0.3, 0.4) is 0 Å². The standard InChI is InChI=1S/C15H16FN3O/c1-19(2)14(11-5-4-8-17-10-11)15(20)18-13-7-3-6-12(16)9-13/h3-10,14H,1-2H3,(H,18,20). The molecule has 20 heavy (non-hydrogen) atoms. The van der Waals surface area contributed by atoms with Gasteiger partial charge in [0, 0.05) is 18.1 Å². The predicted molar refractivity (Wildman–Crippen MR) is 75.7 cm³/mol. The SMILES string of the molecule is CN(C)C(C(=O)Nc1cccc(F)c1)c1cccnc1. The molecule has 4 nitrogen and oxygen atoms in total. The zero-order chi connectivity index (χ0) is 14.5. The van der Waals surface area contributed by atoms with Gasteiger partial charge in [-0.25, -0.2) is 4.39 Å². The van der Waals surface area contributed by atoms with E-state index < -0.39 is 6.04 Å². The number of benzene rings is 1. The first kappa shape index (κ1) is 14.1. The molecule has 5 heteroatoms. The Morgan fingerprint density at radius 1 is 1.30 bits per heavy atom. The van der Waals surface area contributed by atoms with E-state index in [1.807, 2.05) is 20.2 Å². The van der Waals surface area contributed by atoms with Crippen molar-refractivity contribution in [2.75, 3.05) is 19.4 Å². The lowest BCUT2D eigenvalue weighted by atomic mass is 10.1. The number of carbonyl (C=O) groups excluding carboxylic acids is 1. The van der Waals surface area contributed by atoms with E-state index >= 15 is 0 Å². The van der Waals surface area contributed by atoms with E-state index in [4.69, 9.17) is 0 Å². The number of amides is 1. The molecule has 0 saturated heterocycles. The van der Waals surface area contributed by atoms with Crippen molar-refractivity contribution in [3.8, 4) is 0 Å². The largest absolute Gasteiger partial charge is 0.324 e. The number of nitrogens with zero attached hydrogens (tertiary/aromatic N) is 2. The van der Waals surface area contributed by atoms with Gasteiger partial charge in [-0.3, -0.25) is 14.7 Å². The van der Waals surface area contributed by atoms with Gasteiger partial charge < -0.3 is 5.32 Å². The number of likely N-dealkylation sites (N-methyl/N-ethyl adjacent to an activating group) is 1. The Morgan fingerprint density at radius 2 is 2.10 bits per heavy atom. The number of rotatable bonds is 4. The second kappa shape index (κ2) is 6.25. The molecule has 104 valence electrons. The van der Waals surface area contributed by atoms with Gasteiger partial charge in [-0.05, 0) is 43.9 Å². The summed E-state index contributed by atoms with van der Waals surface area (Å²) < 4.78 is 13.1. The molecule has 1 aromatic carbocycles. The van der Waals surface area contributed by atoms with Gasteiger partial charge in [0.1, 0.15) is 11.9 Å². The maximum atomic E-state index is 13.1. The van der Waals surface area contributed by atoms with Gasteiger partial charge in [-0.15, -0.1) is 0 Å². The normalized spacial score (nSPS) is 12.2. The molecule has 1 N–H and O–H groups in total. The molecule has 1 heterocycles. The number of hydrogen-bond donors (Lipinski definition) is 1. The average Bonchev–Trinajstić information content (AvgIpc) is 2.39. The highest BCUT2D eigenvalue weighted by Crippen LogP contribution is 2.20. The predicted octanol–water partition coefficient (Wildman–Crippen LogP) is 2.46. The summed E-state index contributed by atoms with van der Waals surface area (Å²) in [6, 6.07) is 8.96. The molecule has 0 bridgehead atoms. The summed E-state index contributed by atoms with van der Waals surface area (Å²) in [6.45, 7) is 0. The van der Waals surface area contributed by atoms with Gasteiger partial charge in [0.2, 0.25) is 5.91 Å². The molecule has 1 aromatic heterocycles. The third kappa shape index (κ3) is 3.39. The number of aromatic nitrogens is 1. The number of anilines is 1. The third-order valence-corrected chi connectivity index (χ3v) is 2.86.